The lowest BCUT2D eigenvalue weighted by Gasteiger charge is -2.23. The van der Waals surface area contributed by atoms with Gasteiger partial charge in [-0.05, 0) is 37.2 Å². The summed E-state index contributed by atoms with van der Waals surface area (Å²) in [6.07, 6.45) is 0.851. The van der Waals surface area contributed by atoms with Crippen molar-refractivity contribution in [1.82, 2.24) is 14.5 Å². The topological polar surface area (TPSA) is 61.6 Å². The average Bonchev–Trinajstić information content (AvgIpc) is 2.99. The minimum atomic E-state index is -0.0795. The van der Waals surface area contributed by atoms with Crippen molar-refractivity contribution in [2.24, 2.45) is 0 Å². The second-order valence-electron chi connectivity index (χ2n) is 6.85. The van der Waals surface area contributed by atoms with E-state index < -0.39 is 0 Å². The van der Waals surface area contributed by atoms with Crippen molar-refractivity contribution in [3.8, 4) is 5.69 Å². The molecule has 142 valence electrons. The second-order valence-corrected chi connectivity index (χ2v) is 8.37. The summed E-state index contributed by atoms with van der Waals surface area (Å²) >= 11 is 7.77. The van der Waals surface area contributed by atoms with E-state index >= 15 is 0 Å². The van der Waals surface area contributed by atoms with Gasteiger partial charge in [-0.2, -0.15) is 0 Å². The quantitative estimate of drug-likeness (QED) is 0.724. The van der Waals surface area contributed by atoms with E-state index in [1.807, 2.05) is 19.2 Å². The summed E-state index contributed by atoms with van der Waals surface area (Å²) in [4.78, 5) is 24.4. The van der Waals surface area contributed by atoms with Gasteiger partial charge in [0, 0.05) is 36.6 Å². The van der Waals surface area contributed by atoms with Gasteiger partial charge >= 0.3 is 0 Å². The maximum absolute atomic E-state index is 13.6. The molecule has 0 saturated heterocycles. The van der Waals surface area contributed by atoms with E-state index in [1.54, 1.807) is 32.9 Å². The molecule has 0 amide bonds. The van der Waals surface area contributed by atoms with Crippen LogP contribution in [0.15, 0.2) is 29.1 Å². The number of rotatable bonds is 4. The number of halogens is 1. The van der Waals surface area contributed by atoms with Crippen LogP contribution in [0, 0.1) is 0 Å². The van der Waals surface area contributed by atoms with Crippen LogP contribution in [-0.4, -0.2) is 53.3 Å². The van der Waals surface area contributed by atoms with Gasteiger partial charge in [-0.1, -0.05) is 17.7 Å². The van der Waals surface area contributed by atoms with Crippen LogP contribution in [0.3, 0.4) is 0 Å². The van der Waals surface area contributed by atoms with Crippen LogP contribution in [0.5, 0.6) is 0 Å². The van der Waals surface area contributed by atoms with Crippen LogP contribution in [-0.2, 0) is 13.0 Å². The van der Waals surface area contributed by atoms with E-state index in [1.165, 1.54) is 4.88 Å². The van der Waals surface area contributed by atoms with Crippen molar-refractivity contribution in [1.29, 1.82) is 0 Å². The van der Waals surface area contributed by atoms with Gasteiger partial charge in [-0.25, -0.2) is 9.55 Å². The molecule has 0 aliphatic carbocycles. The Labute approximate surface area is 166 Å². The van der Waals surface area contributed by atoms with E-state index in [0.29, 0.717) is 28.6 Å². The lowest BCUT2D eigenvalue weighted by Crippen LogP contribution is -2.32. The summed E-state index contributed by atoms with van der Waals surface area (Å²) in [7, 11) is 3.91. The fourth-order valence-corrected chi connectivity index (χ4v) is 4.98. The first-order chi connectivity index (χ1) is 13.0. The molecule has 0 fully saturated rings. The highest BCUT2D eigenvalue weighted by Gasteiger charge is 2.25. The Kier molecular flexibility index (Phi) is 4.94. The van der Waals surface area contributed by atoms with Crippen molar-refractivity contribution in [2.45, 2.75) is 13.0 Å². The third-order valence-electron chi connectivity index (χ3n) is 4.89. The van der Waals surface area contributed by atoms with Crippen LogP contribution < -0.4 is 10.5 Å². The van der Waals surface area contributed by atoms with Crippen LogP contribution >= 0.6 is 22.9 Å². The highest BCUT2D eigenvalue weighted by atomic mass is 35.5. The monoisotopic (exact) mass is 404 g/mol. The Balaban J connectivity index is 2.02. The van der Waals surface area contributed by atoms with Gasteiger partial charge in [0.2, 0.25) is 5.95 Å². The minimum Gasteiger partial charge on any atom is -0.395 e. The highest BCUT2D eigenvalue weighted by molar-refractivity contribution is 7.18. The third kappa shape index (κ3) is 3.25. The van der Waals surface area contributed by atoms with Gasteiger partial charge in [0.1, 0.15) is 4.83 Å². The summed E-state index contributed by atoms with van der Waals surface area (Å²) in [6.45, 7) is 2.13. The van der Waals surface area contributed by atoms with Crippen molar-refractivity contribution in [2.75, 3.05) is 38.7 Å². The summed E-state index contributed by atoms with van der Waals surface area (Å²) < 4.78 is 1.61. The van der Waals surface area contributed by atoms with Gasteiger partial charge in [-0.3, -0.25) is 4.79 Å². The molecule has 0 unspecified atom stereocenters. The molecule has 0 radical (unpaired) electrons. The van der Waals surface area contributed by atoms with E-state index in [9.17, 15) is 9.90 Å². The fourth-order valence-electron chi connectivity index (χ4n) is 3.51. The molecule has 6 nitrogen and oxygen atoms in total. The number of aliphatic hydroxyl groups is 1. The van der Waals surface area contributed by atoms with Crippen molar-refractivity contribution in [3.63, 3.8) is 0 Å². The number of likely N-dealkylation sites (N-methyl/N-ethyl adjacent to an activating group) is 2. The fraction of sp³-hybridized carbons (Fsp3) is 0.368. The molecule has 1 N–H and O–H groups in total. The maximum atomic E-state index is 13.6. The van der Waals surface area contributed by atoms with Crippen LogP contribution in [0.2, 0.25) is 5.02 Å². The minimum absolute atomic E-state index is 0.0221. The number of fused-ring (bicyclic) bond motifs is 3. The molecule has 1 aromatic carbocycles. The smallest absolute Gasteiger partial charge is 0.268 e. The molecule has 0 spiro atoms. The molecule has 3 heterocycles. The van der Waals surface area contributed by atoms with Crippen LogP contribution in [0.1, 0.15) is 10.4 Å². The van der Waals surface area contributed by atoms with Gasteiger partial charge in [0.15, 0.2) is 0 Å². The van der Waals surface area contributed by atoms with Crippen LogP contribution in [0.25, 0.3) is 15.9 Å². The first-order valence-electron chi connectivity index (χ1n) is 8.83. The zero-order valence-corrected chi connectivity index (χ0v) is 16.8. The molecule has 4 rings (SSSR count). The SMILES string of the molecule is CN1CCc2c(sc3nc(N(C)CCO)n(-c4cccc(Cl)c4)c(=O)c23)C1. The Morgan fingerprint density at radius 1 is 1.41 bits per heavy atom. The number of hydrogen-bond acceptors (Lipinski definition) is 6. The molecule has 3 aromatic rings. The lowest BCUT2D eigenvalue weighted by atomic mass is 10.1. The Morgan fingerprint density at radius 2 is 2.22 bits per heavy atom. The van der Waals surface area contributed by atoms with Gasteiger partial charge < -0.3 is 14.9 Å². The molecule has 1 aliphatic heterocycles. The average molecular weight is 405 g/mol. The number of thiophene rings is 1. The summed E-state index contributed by atoms with van der Waals surface area (Å²) in [5.41, 5.74) is 1.72. The summed E-state index contributed by atoms with van der Waals surface area (Å²) in [5.74, 6) is 0.510. The molecule has 0 bridgehead atoms. The number of aromatic nitrogens is 2. The number of anilines is 1. The number of hydrogen-bond donors (Lipinski definition) is 1. The van der Waals surface area contributed by atoms with E-state index in [2.05, 4.69) is 11.9 Å². The first-order valence-corrected chi connectivity index (χ1v) is 10.0. The van der Waals surface area contributed by atoms with Crippen molar-refractivity contribution < 1.29 is 5.11 Å². The van der Waals surface area contributed by atoms with Gasteiger partial charge in [0.25, 0.3) is 5.56 Å². The highest BCUT2D eigenvalue weighted by Crippen LogP contribution is 2.33. The van der Waals surface area contributed by atoms with Gasteiger partial charge in [0.05, 0.1) is 17.7 Å². The van der Waals surface area contributed by atoms with Crippen molar-refractivity contribution >= 4 is 39.1 Å². The van der Waals surface area contributed by atoms with Crippen molar-refractivity contribution in [3.05, 3.63) is 50.1 Å². The van der Waals surface area contributed by atoms with Crippen LogP contribution in [0.4, 0.5) is 5.95 Å². The molecular formula is C19H21ClN4O2S. The molecule has 2 aromatic heterocycles. The second kappa shape index (κ2) is 7.24. The molecule has 0 saturated carbocycles. The standard InChI is InChI=1S/C19H21ClN4O2S/c1-22-7-6-14-15(11-22)27-17-16(14)18(26)24(13-5-3-4-12(20)10-13)19(21-17)23(2)8-9-25/h3-5,10,25H,6-9,11H2,1-2H3. The zero-order chi connectivity index (χ0) is 19.1. The Bertz CT molecular complexity index is 1060. The summed E-state index contributed by atoms with van der Waals surface area (Å²) in [5, 5.41) is 10.6. The molecular weight excluding hydrogens is 384 g/mol. The normalized spacial score (nSPS) is 14.5. The largest absolute Gasteiger partial charge is 0.395 e. The molecule has 1 aliphatic rings. The molecule has 0 atom stereocenters. The first kappa shape index (κ1) is 18.4. The molecule has 27 heavy (non-hydrogen) atoms. The number of aliphatic hydroxyl groups excluding tert-OH is 1. The molecule has 8 heteroatoms. The lowest BCUT2D eigenvalue weighted by molar-refractivity contribution is 0.303. The van der Waals surface area contributed by atoms with E-state index in [4.69, 9.17) is 16.6 Å². The Hall–Kier alpha value is -1.93. The number of benzene rings is 1. The Morgan fingerprint density at radius 3 is 2.96 bits per heavy atom. The predicted molar refractivity (Wildman–Crippen MR) is 111 cm³/mol. The van der Waals surface area contributed by atoms with Gasteiger partial charge in [-0.15, -0.1) is 11.3 Å². The zero-order valence-electron chi connectivity index (χ0n) is 15.3. The predicted octanol–water partition coefficient (Wildman–Crippen LogP) is 2.52. The summed E-state index contributed by atoms with van der Waals surface area (Å²) in [6, 6.07) is 7.21. The van der Waals surface area contributed by atoms with E-state index in [-0.39, 0.29) is 12.2 Å². The number of nitrogens with zero attached hydrogens (tertiary/aromatic N) is 4. The third-order valence-corrected chi connectivity index (χ3v) is 6.24. The van der Waals surface area contributed by atoms with E-state index in [0.717, 1.165) is 29.9 Å². The maximum Gasteiger partial charge on any atom is 0.268 e.